The van der Waals surface area contributed by atoms with Crippen LogP contribution in [0, 0.1) is 0 Å². The fourth-order valence-corrected chi connectivity index (χ4v) is 3.18. The number of methoxy groups -OCH3 is 2. The Morgan fingerprint density at radius 2 is 1.96 bits per heavy atom. The zero-order chi connectivity index (χ0) is 20.1. The van der Waals surface area contributed by atoms with E-state index in [0.717, 1.165) is 22.9 Å². The smallest absolute Gasteiger partial charge is 0.293 e. The number of H-pyrrole nitrogens is 1. The molecule has 4 N–H and O–H groups in total. The number of anilines is 2. The molecule has 0 aliphatic heterocycles. The highest BCUT2D eigenvalue weighted by Gasteiger charge is 2.20. The summed E-state index contributed by atoms with van der Waals surface area (Å²) in [5, 5.41) is 3.53. The molecule has 148 valence electrons. The predicted octanol–water partition coefficient (Wildman–Crippen LogP) is 3.08. The molecule has 0 bridgehead atoms. The number of amides is 1. The van der Waals surface area contributed by atoms with Crippen molar-refractivity contribution in [2.45, 2.75) is 25.9 Å². The van der Waals surface area contributed by atoms with E-state index in [1.165, 1.54) is 0 Å². The second-order valence-corrected chi connectivity index (χ2v) is 6.54. The average molecular weight is 383 g/mol. The predicted molar refractivity (Wildman–Crippen MR) is 108 cm³/mol. The van der Waals surface area contributed by atoms with E-state index < -0.39 is 5.91 Å². The van der Waals surface area contributed by atoms with E-state index in [4.69, 9.17) is 15.2 Å². The Morgan fingerprint density at radius 1 is 1.21 bits per heavy atom. The Labute approximate surface area is 163 Å². The Balaban J connectivity index is 1.84. The summed E-state index contributed by atoms with van der Waals surface area (Å²) in [7, 11) is 3.30. The number of rotatable bonds is 8. The van der Waals surface area contributed by atoms with Gasteiger partial charge in [-0.1, -0.05) is 19.1 Å². The normalized spacial score (nSPS) is 12.2. The Morgan fingerprint density at radius 3 is 2.61 bits per heavy atom. The molecule has 8 nitrogen and oxygen atoms in total. The van der Waals surface area contributed by atoms with Gasteiger partial charge in [0.05, 0.1) is 18.6 Å². The molecule has 3 rings (SSSR count). The molecule has 0 saturated heterocycles. The number of aromatic nitrogens is 3. The van der Waals surface area contributed by atoms with Crippen LogP contribution in [0.3, 0.4) is 0 Å². The van der Waals surface area contributed by atoms with Crippen LogP contribution < -0.4 is 11.1 Å². The van der Waals surface area contributed by atoms with E-state index in [9.17, 15) is 4.79 Å². The van der Waals surface area contributed by atoms with Crippen molar-refractivity contribution in [3.63, 3.8) is 0 Å². The number of benzene rings is 1. The van der Waals surface area contributed by atoms with Crippen molar-refractivity contribution < 1.29 is 14.3 Å². The van der Waals surface area contributed by atoms with Crippen LogP contribution in [0.1, 0.15) is 41.0 Å². The Bertz CT molecular complexity index is 952. The zero-order valence-corrected chi connectivity index (χ0v) is 16.3. The van der Waals surface area contributed by atoms with E-state index in [1.54, 1.807) is 26.4 Å². The minimum atomic E-state index is -0.423. The van der Waals surface area contributed by atoms with Crippen LogP contribution in [-0.2, 0) is 16.1 Å². The highest BCUT2D eigenvalue weighted by molar-refractivity contribution is 6.03. The topological polar surface area (TPSA) is 115 Å². The van der Waals surface area contributed by atoms with Crippen LogP contribution in [0.15, 0.2) is 30.5 Å². The molecule has 0 aliphatic carbocycles. The summed E-state index contributed by atoms with van der Waals surface area (Å²) in [6, 6.07) is 7.37. The molecule has 1 aromatic carbocycles. The molecule has 2 aromatic heterocycles. The minimum absolute atomic E-state index is 0.0131. The largest absolute Gasteiger partial charge is 0.384 e. The first-order valence-electron chi connectivity index (χ1n) is 9.10. The van der Waals surface area contributed by atoms with Crippen molar-refractivity contribution in [1.82, 2.24) is 15.0 Å². The average Bonchev–Trinajstić information content (AvgIpc) is 3.12. The fraction of sp³-hybridized carbons (Fsp3) is 0.350. The van der Waals surface area contributed by atoms with Crippen LogP contribution in [0.25, 0.3) is 11.0 Å². The van der Waals surface area contributed by atoms with Gasteiger partial charge in [-0.05, 0) is 29.7 Å². The summed E-state index contributed by atoms with van der Waals surface area (Å²) in [5.41, 5.74) is 9.37. The molecule has 0 radical (unpaired) electrons. The number of hydrogen-bond acceptors (Lipinski definition) is 6. The third-order valence-electron chi connectivity index (χ3n) is 4.62. The van der Waals surface area contributed by atoms with Gasteiger partial charge in [-0.15, -0.1) is 0 Å². The van der Waals surface area contributed by atoms with Gasteiger partial charge in [0.25, 0.3) is 5.91 Å². The number of ether oxygens (including phenoxy) is 2. The van der Waals surface area contributed by atoms with Gasteiger partial charge in [0.2, 0.25) is 5.82 Å². The molecule has 3 aromatic rings. The van der Waals surface area contributed by atoms with Gasteiger partial charge in [0, 0.05) is 32.0 Å². The minimum Gasteiger partial charge on any atom is -0.384 e. The lowest BCUT2D eigenvalue weighted by Crippen LogP contribution is -2.17. The maximum absolute atomic E-state index is 12.6. The summed E-state index contributed by atoms with van der Waals surface area (Å²) in [6.45, 7) is 3.17. The molecule has 1 atom stereocenters. The maximum atomic E-state index is 12.6. The zero-order valence-electron chi connectivity index (χ0n) is 16.3. The third kappa shape index (κ3) is 4.13. The van der Waals surface area contributed by atoms with E-state index in [1.807, 2.05) is 18.3 Å². The van der Waals surface area contributed by atoms with Crippen LogP contribution in [0.2, 0.25) is 0 Å². The molecule has 2 heterocycles. The van der Waals surface area contributed by atoms with Gasteiger partial charge in [0.15, 0.2) is 0 Å². The molecule has 0 saturated carbocycles. The van der Waals surface area contributed by atoms with Crippen molar-refractivity contribution in [3.8, 4) is 0 Å². The second-order valence-electron chi connectivity index (χ2n) is 6.54. The number of carbonyl (C=O) groups excluding carboxylic acids is 1. The lowest BCUT2D eigenvalue weighted by Gasteiger charge is -2.13. The number of carbonyl (C=O) groups is 1. The lowest BCUT2D eigenvalue weighted by molar-refractivity contribution is 0.101. The highest BCUT2D eigenvalue weighted by atomic mass is 16.5. The van der Waals surface area contributed by atoms with Gasteiger partial charge in [-0.25, -0.2) is 9.97 Å². The van der Waals surface area contributed by atoms with E-state index in [-0.39, 0.29) is 17.6 Å². The molecular formula is C20H25N5O3. The van der Waals surface area contributed by atoms with Crippen molar-refractivity contribution in [2.75, 3.05) is 31.9 Å². The van der Waals surface area contributed by atoms with Crippen molar-refractivity contribution in [3.05, 3.63) is 47.4 Å². The second kappa shape index (κ2) is 8.81. The summed E-state index contributed by atoms with van der Waals surface area (Å²) in [5.74, 6) is 0.0404. The summed E-state index contributed by atoms with van der Waals surface area (Å²) in [6.07, 6.45) is 2.75. The Hall–Kier alpha value is -2.97. The van der Waals surface area contributed by atoms with Gasteiger partial charge in [-0.2, -0.15) is 0 Å². The first kappa shape index (κ1) is 19.8. The van der Waals surface area contributed by atoms with Crippen molar-refractivity contribution in [1.29, 1.82) is 0 Å². The third-order valence-corrected chi connectivity index (χ3v) is 4.62. The SMILES string of the molecule is CCC(COC)c1c[nH]c2nc(C(=O)Nc3ccc(COC)cc3)nc(N)c12. The van der Waals surface area contributed by atoms with Gasteiger partial charge in [0.1, 0.15) is 11.5 Å². The maximum Gasteiger partial charge on any atom is 0.293 e. The highest BCUT2D eigenvalue weighted by Crippen LogP contribution is 2.30. The number of nitrogens with zero attached hydrogens (tertiary/aromatic N) is 2. The molecule has 1 amide bonds. The number of nitrogens with two attached hydrogens (primary N) is 1. The summed E-state index contributed by atoms with van der Waals surface area (Å²) >= 11 is 0. The number of nitrogen functional groups attached to an aromatic ring is 1. The van der Waals surface area contributed by atoms with E-state index in [0.29, 0.717) is 24.5 Å². The van der Waals surface area contributed by atoms with Gasteiger partial charge < -0.3 is 25.5 Å². The standard InChI is InChI=1S/C20H25N5O3/c1-4-13(11-28-3)15-9-22-18-16(15)17(21)24-19(25-18)20(26)23-14-7-5-12(6-8-14)10-27-2/h5-9,13H,4,10-11H2,1-3H3,(H,23,26)(H3,21,22,24,25). The van der Waals surface area contributed by atoms with E-state index in [2.05, 4.69) is 27.2 Å². The molecule has 8 heteroatoms. The quantitative estimate of drug-likeness (QED) is 0.551. The lowest BCUT2D eigenvalue weighted by atomic mass is 9.97. The first-order valence-corrected chi connectivity index (χ1v) is 9.10. The van der Waals surface area contributed by atoms with Crippen molar-refractivity contribution >= 4 is 28.4 Å². The molecule has 1 unspecified atom stereocenters. The number of fused-ring (bicyclic) bond motifs is 1. The number of aromatic amines is 1. The van der Waals surface area contributed by atoms with Gasteiger partial charge >= 0.3 is 0 Å². The Kier molecular flexibility index (Phi) is 6.23. The molecule has 28 heavy (non-hydrogen) atoms. The van der Waals surface area contributed by atoms with Crippen LogP contribution >= 0.6 is 0 Å². The van der Waals surface area contributed by atoms with Crippen LogP contribution in [0.5, 0.6) is 0 Å². The van der Waals surface area contributed by atoms with E-state index >= 15 is 0 Å². The number of hydrogen-bond donors (Lipinski definition) is 3. The summed E-state index contributed by atoms with van der Waals surface area (Å²) in [4.78, 5) is 24.3. The number of nitrogens with one attached hydrogen (secondary N) is 2. The fourth-order valence-electron chi connectivity index (χ4n) is 3.18. The molecular weight excluding hydrogens is 358 g/mol. The molecule has 0 aliphatic rings. The molecule has 0 spiro atoms. The molecule has 0 fully saturated rings. The van der Waals surface area contributed by atoms with Crippen LogP contribution in [0.4, 0.5) is 11.5 Å². The first-order chi connectivity index (χ1) is 13.6. The van der Waals surface area contributed by atoms with Crippen LogP contribution in [-0.4, -0.2) is 41.7 Å². The van der Waals surface area contributed by atoms with Gasteiger partial charge in [-0.3, -0.25) is 4.79 Å². The van der Waals surface area contributed by atoms with Crippen molar-refractivity contribution in [2.24, 2.45) is 0 Å². The summed E-state index contributed by atoms with van der Waals surface area (Å²) < 4.78 is 10.4. The monoisotopic (exact) mass is 383 g/mol.